The van der Waals surface area contributed by atoms with Crippen LogP contribution in [0.1, 0.15) is 6.42 Å². The highest BCUT2D eigenvalue weighted by atomic mass is 16.1. The van der Waals surface area contributed by atoms with Crippen molar-refractivity contribution in [3.05, 3.63) is 24.4 Å². The number of nitrogens with zero attached hydrogens (tertiary/aromatic N) is 1. The molecule has 0 spiro atoms. The zero-order valence-electron chi connectivity index (χ0n) is 6.63. The predicted molar refractivity (Wildman–Crippen MR) is 46.5 cm³/mol. The van der Waals surface area contributed by atoms with Gasteiger partial charge in [0.2, 0.25) is 5.91 Å². The summed E-state index contributed by atoms with van der Waals surface area (Å²) in [6.45, 7) is 6.81. The van der Waals surface area contributed by atoms with Gasteiger partial charge in [-0.3, -0.25) is 9.79 Å². The molecule has 0 aromatic heterocycles. The second-order valence-corrected chi connectivity index (χ2v) is 1.90. The van der Waals surface area contributed by atoms with Gasteiger partial charge in [-0.25, -0.2) is 0 Å². The van der Waals surface area contributed by atoms with Crippen LogP contribution >= 0.6 is 0 Å². The molecule has 60 valence electrons. The minimum atomic E-state index is -0.0782. The molecule has 1 N–H and O–H groups in total. The number of hydrogen-bond donors (Lipinski definition) is 1. The maximum Gasteiger partial charge on any atom is 0.225 e. The number of rotatable bonds is 4. The predicted octanol–water partition coefficient (Wildman–Crippen LogP) is 0.893. The Morgan fingerprint density at radius 1 is 1.73 bits per heavy atom. The number of aliphatic imine (C=N–C) groups is 1. The smallest absolute Gasteiger partial charge is 0.225 e. The lowest BCUT2D eigenvalue weighted by Gasteiger charge is -1.97. The fourth-order valence-corrected chi connectivity index (χ4v) is 0.556. The fourth-order valence-electron chi connectivity index (χ4n) is 0.556. The number of carbonyl (C=O) groups excluding carboxylic acids is 1. The van der Waals surface area contributed by atoms with Crippen molar-refractivity contribution in [3.63, 3.8) is 0 Å². The molecule has 1 amide bonds. The summed E-state index contributed by atoms with van der Waals surface area (Å²) in [5.74, 6) is -0.0782. The largest absolute Gasteiger partial charge is 0.359 e. The Kier molecular flexibility index (Phi) is 4.73. The van der Waals surface area contributed by atoms with Crippen LogP contribution in [0.15, 0.2) is 29.4 Å². The van der Waals surface area contributed by atoms with Crippen LogP contribution in [-0.2, 0) is 4.79 Å². The Morgan fingerprint density at radius 3 is 2.73 bits per heavy atom. The van der Waals surface area contributed by atoms with Crippen molar-refractivity contribution in [2.24, 2.45) is 4.99 Å². The Labute approximate surface area is 66.5 Å². The van der Waals surface area contributed by atoms with Gasteiger partial charge in [-0.2, -0.15) is 0 Å². The fraction of sp³-hybridized carbons (Fsp3) is 0.250. The molecule has 0 saturated heterocycles. The number of allylic oxidation sites excluding steroid dienone is 2. The molecule has 0 saturated carbocycles. The summed E-state index contributed by atoms with van der Waals surface area (Å²) >= 11 is 0. The van der Waals surface area contributed by atoms with Gasteiger partial charge < -0.3 is 5.32 Å². The summed E-state index contributed by atoms with van der Waals surface area (Å²) in [7, 11) is 1.58. The van der Waals surface area contributed by atoms with Crippen molar-refractivity contribution >= 4 is 12.6 Å². The van der Waals surface area contributed by atoms with Crippen molar-refractivity contribution in [3.8, 4) is 0 Å². The van der Waals surface area contributed by atoms with Crippen LogP contribution in [0.25, 0.3) is 0 Å². The molecule has 0 aliphatic heterocycles. The van der Waals surface area contributed by atoms with E-state index in [-0.39, 0.29) is 12.3 Å². The average molecular weight is 152 g/mol. The zero-order valence-corrected chi connectivity index (χ0v) is 6.63. The third kappa shape index (κ3) is 4.08. The van der Waals surface area contributed by atoms with Gasteiger partial charge >= 0.3 is 0 Å². The highest BCUT2D eigenvalue weighted by Crippen LogP contribution is 2.01. The van der Waals surface area contributed by atoms with Gasteiger partial charge in [0, 0.05) is 12.7 Å². The van der Waals surface area contributed by atoms with E-state index in [9.17, 15) is 4.79 Å². The van der Waals surface area contributed by atoms with E-state index >= 15 is 0 Å². The quantitative estimate of drug-likeness (QED) is 0.472. The lowest BCUT2D eigenvalue weighted by Crippen LogP contribution is -2.17. The number of hydrogen-bond acceptors (Lipinski definition) is 2. The van der Waals surface area contributed by atoms with Gasteiger partial charge in [0.15, 0.2) is 0 Å². The molecule has 0 aliphatic rings. The minimum absolute atomic E-state index is 0.0782. The number of amides is 1. The summed E-state index contributed by atoms with van der Waals surface area (Å²) in [5.41, 5.74) is 0.624. The first-order valence-electron chi connectivity index (χ1n) is 3.23. The second-order valence-electron chi connectivity index (χ2n) is 1.90. The van der Waals surface area contributed by atoms with Crippen LogP contribution < -0.4 is 5.32 Å². The number of nitrogens with one attached hydrogen (secondary N) is 1. The van der Waals surface area contributed by atoms with Crippen molar-refractivity contribution in [1.29, 1.82) is 0 Å². The van der Waals surface area contributed by atoms with E-state index in [1.807, 2.05) is 0 Å². The van der Waals surface area contributed by atoms with Crippen LogP contribution in [0, 0.1) is 0 Å². The van der Waals surface area contributed by atoms with Crippen molar-refractivity contribution in [2.45, 2.75) is 6.42 Å². The summed E-state index contributed by atoms with van der Waals surface area (Å²) < 4.78 is 0. The monoisotopic (exact) mass is 152 g/mol. The second kappa shape index (κ2) is 5.41. The third-order valence-corrected chi connectivity index (χ3v) is 1.13. The molecule has 0 atom stereocenters. The maximum absolute atomic E-state index is 10.8. The van der Waals surface area contributed by atoms with Crippen molar-refractivity contribution in [2.75, 3.05) is 7.05 Å². The lowest BCUT2D eigenvalue weighted by molar-refractivity contribution is -0.119. The first-order valence-corrected chi connectivity index (χ1v) is 3.23. The summed E-state index contributed by atoms with van der Waals surface area (Å²) in [5, 5.41) is 2.49. The minimum Gasteiger partial charge on any atom is -0.359 e. The highest BCUT2D eigenvalue weighted by molar-refractivity contribution is 5.78. The van der Waals surface area contributed by atoms with Crippen molar-refractivity contribution in [1.82, 2.24) is 5.32 Å². The van der Waals surface area contributed by atoms with Crippen LogP contribution in [0.2, 0.25) is 0 Å². The molecule has 11 heavy (non-hydrogen) atoms. The van der Waals surface area contributed by atoms with Crippen LogP contribution in [0.3, 0.4) is 0 Å². The summed E-state index contributed by atoms with van der Waals surface area (Å²) in [6, 6.07) is 0. The average Bonchev–Trinajstić information content (AvgIpc) is 2.03. The molecule has 0 rings (SSSR count). The van der Waals surface area contributed by atoms with E-state index in [0.717, 1.165) is 0 Å². The van der Waals surface area contributed by atoms with E-state index in [0.29, 0.717) is 5.70 Å². The molecular weight excluding hydrogens is 140 g/mol. The summed E-state index contributed by atoms with van der Waals surface area (Å²) in [6.07, 6.45) is 3.49. The van der Waals surface area contributed by atoms with E-state index < -0.39 is 0 Å². The first kappa shape index (κ1) is 9.62. The standard InChI is InChI=1S/C8H12N2O/c1-4-5-7(9-2)6-8(11)10-3/h4-5H,1-2,6H2,3H3,(H,10,11)/b7-5-. The Bertz CT molecular complexity index is 194. The molecule has 0 aromatic carbocycles. The first-order chi connectivity index (χ1) is 5.24. The van der Waals surface area contributed by atoms with Gasteiger partial charge in [0.1, 0.15) is 0 Å². The van der Waals surface area contributed by atoms with Crippen LogP contribution in [-0.4, -0.2) is 19.7 Å². The molecular formula is C8H12N2O. The molecule has 0 radical (unpaired) electrons. The van der Waals surface area contributed by atoms with Gasteiger partial charge in [-0.1, -0.05) is 12.7 Å². The Balaban J connectivity index is 4.08. The summed E-state index contributed by atoms with van der Waals surface area (Å²) in [4.78, 5) is 14.4. The zero-order chi connectivity index (χ0) is 8.69. The third-order valence-electron chi connectivity index (χ3n) is 1.13. The molecule has 0 heterocycles. The molecule has 0 bridgehead atoms. The van der Waals surface area contributed by atoms with Gasteiger partial charge in [0.05, 0.1) is 6.42 Å². The van der Waals surface area contributed by atoms with Crippen molar-refractivity contribution < 1.29 is 4.79 Å². The molecule has 3 heteroatoms. The molecule has 0 aliphatic carbocycles. The normalized spacial score (nSPS) is 10.5. The van der Waals surface area contributed by atoms with Gasteiger partial charge in [-0.15, -0.1) is 0 Å². The van der Waals surface area contributed by atoms with Crippen LogP contribution in [0.5, 0.6) is 0 Å². The Morgan fingerprint density at radius 2 is 2.36 bits per heavy atom. The van der Waals surface area contributed by atoms with E-state index in [1.54, 1.807) is 19.2 Å². The number of carbonyl (C=O) groups is 1. The Hall–Kier alpha value is -1.38. The van der Waals surface area contributed by atoms with E-state index in [1.165, 1.54) is 0 Å². The lowest BCUT2D eigenvalue weighted by atomic mass is 10.3. The van der Waals surface area contributed by atoms with Gasteiger partial charge in [-0.05, 0) is 12.8 Å². The molecule has 0 aromatic rings. The molecule has 0 unspecified atom stereocenters. The topological polar surface area (TPSA) is 41.5 Å². The molecule has 0 fully saturated rings. The van der Waals surface area contributed by atoms with E-state index in [4.69, 9.17) is 0 Å². The molecule has 3 nitrogen and oxygen atoms in total. The highest BCUT2D eigenvalue weighted by Gasteiger charge is 1.99. The van der Waals surface area contributed by atoms with Gasteiger partial charge in [0.25, 0.3) is 0 Å². The van der Waals surface area contributed by atoms with E-state index in [2.05, 4.69) is 23.6 Å². The SMILES string of the molecule is C=C/C=C(/CC(=O)NC)N=C. The van der Waals surface area contributed by atoms with Crippen LogP contribution in [0.4, 0.5) is 0 Å². The maximum atomic E-state index is 10.8.